The Morgan fingerprint density at radius 3 is 1.08 bits per heavy atom. The maximum Gasteiger partial charge on any atom is 0.300 e. The minimum atomic E-state index is -0.833. The van der Waals surface area contributed by atoms with Crippen molar-refractivity contribution in [3.05, 3.63) is 353 Å². The summed E-state index contributed by atoms with van der Waals surface area (Å²) >= 11 is 0. The first-order chi connectivity index (χ1) is 64.2. The zero-order valence-electron chi connectivity index (χ0n) is 77.0. The van der Waals surface area contributed by atoms with E-state index in [9.17, 15) is 10.2 Å². The SMILES string of the molecule is CC(=O)O.CCC(=NN(Cc1ccc(OCCN2CCCCCC2)cc1)c1ccc(OCc2ccccc2)cc1)c1ccc(OCc2ccccc2)cc1.Cc1c(-c2ccc(O)cc2)n(Cc2ccc(OCCN3CCCCCC3)cc2)c2ccc(O)cc12.Cc1ccc2c(c1)c(C)c(-c1ccc(OCc3ccccc3)cc1)n2Cc1ccc(OCCN2CCCCCC2)cc1. The molecule has 12 aromatic carbocycles. The predicted octanol–water partition coefficient (Wildman–Crippen LogP) is 25.1. The van der Waals surface area contributed by atoms with Crippen LogP contribution in [-0.2, 0) is 44.2 Å². The molecule has 3 aliphatic rings. The van der Waals surface area contributed by atoms with Crippen molar-refractivity contribution in [2.45, 2.75) is 158 Å². The second kappa shape index (κ2) is 49.1. The molecular weight excluding hydrogens is 1630 g/mol. The third-order valence-electron chi connectivity index (χ3n) is 24.6. The number of rotatable bonds is 33. The molecule has 0 amide bonds. The fourth-order valence-corrected chi connectivity index (χ4v) is 17.5. The van der Waals surface area contributed by atoms with E-state index in [-0.39, 0.29) is 11.5 Å². The maximum absolute atomic E-state index is 10.1. The van der Waals surface area contributed by atoms with E-state index in [0.717, 1.165) is 149 Å². The number of aromatic nitrogens is 2. The van der Waals surface area contributed by atoms with Crippen LogP contribution in [0, 0.1) is 20.8 Å². The highest BCUT2D eigenvalue weighted by molar-refractivity contribution is 6.01. The number of carboxylic acids is 1. The van der Waals surface area contributed by atoms with Crippen LogP contribution in [0.1, 0.15) is 153 Å². The Morgan fingerprint density at radius 2 is 0.687 bits per heavy atom. The number of phenolic OH excluding ortho intramolecular Hbond substituents is 2. The van der Waals surface area contributed by atoms with Gasteiger partial charge in [-0.2, -0.15) is 5.10 Å². The maximum atomic E-state index is 10.1. The Morgan fingerprint density at radius 1 is 0.359 bits per heavy atom. The lowest BCUT2D eigenvalue weighted by molar-refractivity contribution is -0.134. The number of anilines is 1. The molecule has 0 unspecified atom stereocenters. The number of aromatic hydroxyl groups is 2. The van der Waals surface area contributed by atoms with E-state index in [1.54, 1.807) is 18.2 Å². The van der Waals surface area contributed by atoms with E-state index >= 15 is 0 Å². The Bertz CT molecular complexity index is 5800. The standard InChI is InChI=1S/C44H49N3O3.C38H42N2O2.C30H34N2O3.C2H4O2/c1-2-44(39-19-25-42(26-20-39)49-34-37-13-7-5-8-14-37)45-47(40-21-27-43(28-22-40)50-35-38-15-9-6-10-16-38)33-36-17-23-41(24-18-36)48-32-31-46-29-11-3-4-12-30-46;1-29-12-21-37-36(26-29)30(2)38(33-15-19-35(20-16-33)42-28-32-10-6-5-7-11-32)40(37)27-31-13-17-34(18-14-31)41-25-24-39-22-8-3-4-9-23-39;1-22-28-20-26(34)12-15-29(28)32(30(22)24-8-10-25(33)11-9-24)21-23-6-13-27(14-7-23)35-19-18-31-16-4-2-3-5-17-31;1-2(3)4/h5-10,13-28H,2-4,11-12,29-35H2,1H3;5-7,10-21,26H,3-4,8-9,22-25,27-28H2,1-2H3;6-15,20,33-34H,2-5,16-19,21H2,1H3;1H3,(H,3,4). The molecule has 3 aliphatic heterocycles. The monoisotopic (exact) mass is 1760 g/mol. The number of phenols is 2. The summed E-state index contributed by atoms with van der Waals surface area (Å²) < 4.78 is 41.3. The molecule has 0 spiro atoms. The van der Waals surface area contributed by atoms with Gasteiger partial charge in [0.15, 0.2) is 0 Å². The van der Waals surface area contributed by atoms with Gasteiger partial charge < -0.3 is 52.9 Å². The second-order valence-corrected chi connectivity index (χ2v) is 34.5. The van der Waals surface area contributed by atoms with Crippen LogP contribution < -0.4 is 33.4 Å². The number of hydrazone groups is 1. The van der Waals surface area contributed by atoms with Crippen LogP contribution in [0.4, 0.5) is 5.69 Å². The topological polar surface area (TPSA) is 168 Å². The predicted molar refractivity (Wildman–Crippen MR) is 533 cm³/mol. The molecule has 0 atom stereocenters. The normalized spacial score (nSPS) is 13.9. The molecule has 0 bridgehead atoms. The largest absolute Gasteiger partial charge is 0.508 e. The quantitative estimate of drug-likeness (QED) is 0.0262. The summed E-state index contributed by atoms with van der Waals surface area (Å²) in [4.78, 5) is 16.6. The summed E-state index contributed by atoms with van der Waals surface area (Å²) in [6, 6.07) is 101. The van der Waals surface area contributed by atoms with Crippen LogP contribution in [0.5, 0.6) is 46.0 Å². The summed E-state index contributed by atoms with van der Waals surface area (Å²) in [5.74, 6) is 4.97. The number of carbonyl (C=O) groups is 1. The number of nitrogens with zero attached hydrogens (tertiary/aromatic N) is 7. The number of hydrogen-bond acceptors (Lipinski definition) is 14. The first-order valence-corrected chi connectivity index (χ1v) is 47.1. The van der Waals surface area contributed by atoms with Gasteiger partial charge >= 0.3 is 0 Å². The van der Waals surface area contributed by atoms with Crippen molar-refractivity contribution in [2.24, 2.45) is 5.10 Å². The average molecular weight is 1760 g/mol. The molecule has 680 valence electrons. The van der Waals surface area contributed by atoms with Crippen LogP contribution in [0.25, 0.3) is 44.3 Å². The van der Waals surface area contributed by atoms with E-state index < -0.39 is 5.97 Å². The van der Waals surface area contributed by atoms with Crippen LogP contribution in [-0.4, -0.2) is 130 Å². The number of carboxylic acid groups (broad SMARTS) is 1. The minimum Gasteiger partial charge on any atom is -0.508 e. The van der Waals surface area contributed by atoms with E-state index in [2.05, 4.69) is 232 Å². The van der Waals surface area contributed by atoms with Crippen LogP contribution >= 0.6 is 0 Å². The van der Waals surface area contributed by atoms with E-state index in [4.69, 9.17) is 43.4 Å². The van der Waals surface area contributed by atoms with Gasteiger partial charge in [-0.15, -0.1) is 0 Å². The summed E-state index contributed by atoms with van der Waals surface area (Å²) in [5, 5.41) is 36.9. The van der Waals surface area contributed by atoms with Crippen molar-refractivity contribution in [3.8, 4) is 68.5 Å². The number of benzene rings is 12. The van der Waals surface area contributed by atoms with Gasteiger partial charge in [0.2, 0.25) is 0 Å². The molecule has 17 heteroatoms. The molecule has 0 radical (unpaired) electrons. The molecule has 17 nitrogen and oxygen atoms in total. The van der Waals surface area contributed by atoms with Crippen molar-refractivity contribution in [2.75, 3.05) is 83.7 Å². The molecule has 3 saturated heterocycles. The highest BCUT2D eigenvalue weighted by atomic mass is 16.5. The smallest absolute Gasteiger partial charge is 0.300 e. The third-order valence-corrected chi connectivity index (χ3v) is 24.6. The molecule has 5 heterocycles. The zero-order valence-corrected chi connectivity index (χ0v) is 77.0. The van der Waals surface area contributed by atoms with Gasteiger partial charge in [-0.3, -0.25) is 24.5 Å². The molecule has 14 aromatic rings. The summed E-state index contributed by atoms with van der Waals surface area (Å²) in [6.07, 6.45) is 16.7. The number of fused-ring (bicyclic) bond motifs is 2. The molecule has 3 fully saturated rings. The van der Waals surface area contributed by atoms with Crippen molar-refractivity contribution in [1.82, 2.24) is 23.8 Å². The minimum absolute atomic E-state index is 0.248. The van der Waals surface area contributed by atoms with Crippen LogP contribution in [0.2, 0.25) is 0 Å². The van der Waals surface area contributed by atoms with Gasteiger partial charge in [0.05, 0.1) is 29.3 Å². The van der Waals surface area contributed by atoms with E-state index in [0.29, 0.717) is 39.5 Å². The van der Waals surface area contributed by atoms with E-state index in [1.165, 1.54) is 166 Å². The Balaban J connectivity index is 0.000000157. The number of aliphatic carboxylic acids is 1. The van der Waals surface area contributed by atoms with Gasteiger partial charge in [0, 0.05) is 61.5 Å². The highest BCUT2D eigenvalue weighted by Gasteiger charge is 2.22. The summed E-state index contributed by atoms with van der Waals surface area (Å²) in [6.45, 7) is 25.8. The molecule has 131 heavy (non-hydrogen) atoms. The lowest BCUT2D eigenvalue weighted by Gasteiger charge is -2.22. The fourth-order valence-electron chi connectivity index (χ4n) is 17.5. The number of likely N-dealkylation sites (tertiary alicyclic amines) is 3. The lowest BCUT2D eigenvalue weighted by atomic mass is 10.1. The Kier molecular flexibility index (Phi) is 35.3. The first-order valence-electron chi connectivity index (χ1n) is 47.1. The number of aryl methyl sites for hydroxylation is 3. The van der Waals surface area contributed by atoms with Gasteiger partial charge in [0.25, 0.3) is 5.97 Å². The van der Waals surface area contributed by atoms with Crippen molar-refractivity contribution in [1.29, 1.82) is 0 Å². The molecular formula is C114H129N7O10. The lowest BCUT2D eigenvalue weighted by Crippen LogP contribution is -2.29. The molecule has 0 saturated carbocycles. The zero-order chi connectivity index (χ0) is 90.7. The Labute approximate surface area is 774 Å². The van der Waals surface area contributed by atoms with Gasteiger partial charge in [-0.05, 0) is 330 Å². The molecule has 0 aliphatic carbocycles. The van der Waals surface area contributed by atoms with E-state index in [1.807, 2.05) is 103 Å². The van der Waals surface area contributed by atoms with Crippen molar-refractivity contribution >= 4 is 39.2 Å². The molecule has 17 rings (SSSR count). The highest BCUT2D eigenvalue weighted by Crippen LogP contribution is 2.39. The van der Waals surface area contributed by atoms with Crippen LogP contribution in [0.15, 0.2) is 302 Å². The summed E-state index contributed by atoms with van der Waals surface area (Å²) in [5.41, 5.74) is 20.7. The average Bonchev–Trinajstić information content (AvgIpc) is 1.61. The van der Waals surface area contributed by atoms with Crippen molar-refractivity contribution in [3.63, 3.8) is 0 Å². The number of ether oxygens (including phenoxy) is 6. The van der Waals surface area contributed by atoms with Gasteiger partial charge in [-0.25, -0.2) is 0 Å². The fraction of sp³-hybridized carbons (Fsp3) is 0.316. The number of hydrogen-bond donors (Lipinski definition) is 3. The first kappa shape index (κ1) is 94.1. The van der Waals surface area contributed by atoms with Crippen molar-refractivity contribution < 1.29 is 48.5 Å². The molecule has 3 N–H and O–H groups in total. The molecule has 2 aromatic heterocycles. The second-order valence-electron chi connectivity index (χ2n) is 34.5. The van der Waals surface area contributed by atoms with Crippen LogP contribution in [0.3, 0.4) is 0 Å². The van der Waals surface area contributed by atoms with Gasteiger partial charge in [0.1, 0.15) is 85.6 Å². The third kappa shape index (κ3) is 28.5. The van der Waals surface area contributed by atoms with Gasteiger partial charge in [-0.1, -0.05) is 184 Å². The summed E-state index contributed by atoms with van der Waals surface area (Å²) in [7, 11) is 0. The Hall–Kier alpha value is -13.1.